The molecule has 2 atom stereocenters. The van der Waals surface area contributed by atoms with E-state index in [0.717, 1.165) is 10.4 Å². The number of nitrogens with zero attached hydrogens (tertiary/aromatic N) is 1. The molecule has 2 aromatic heterocycles. The molecule has 0 fully saturated rings. The van der Waals surface area contributed by atoms with Crippen molar-refractivity contribution in [3.05, 3.63) is 45.4 Å². The molecule has 0 aromatic carbocycles. The van der Waals surface area contributed by atoms with E-state index in [4.69, 9.17) is 16.3 Å². The van der Waals surface area contributed by atoms with Gasteiger partial charge in [-0.15, -0.1) is 11.3 Å². The van der Waals surface area contributed by atoms with Gasteiger partial charge in [0.1, 0.15) is 5.75 Å². The molecule has 0 saturated heterocycles. The molecule has 2 aromatic rings. The molecule has 0 aliphatic carbocycles. The third kappa shape index (κ3) is 4.11. The van der Waals surface area contributed by atoms with Crippen LogP contribution in [0.25, 0.3) is 0 Å². The van der Waals surface area contributed by atoms with Crippen LogP contribution in [0.4, 0.5) is 4.79 Å². The average Bonchev–Trinajstić information content (AvgIpc) is 2.93. The minimum atomic E-state index is -0.247. The topological polar surface area (TPSA) is 63.2 Å². The number of carbonyl (C=O) groups is 1. The van der Waals surface area contributed by atoms with Crippen LogP contribution in [-0.4, -0.2) is 18.1 Å². The molecule has 0 aliphatic rings. The third-order valence-electron chi connectivity index (χ3n) is 3.22. The van der Waals surface area contributed by atoms with E-state index >= 15 is 0 Å². The fourth-order valence-corrected chi connectivity index (χ4v) is 3.13. The van der Waals surface area contributed by atoms with Crippen molar-refractivity contribution < 1.29 is 9.53 Å². The summed E-state index contributed by atoms with van der Waals surface area (Å²) in [4.78, 5) is 17.1. The largest absolute Gasteiger partial charge is 0.495 e. The van der Waals surface area contributed by atoms with Crippen molar-refractivity contribution >= 4 is 29.0 Å². The Morgan fingerprint density at radius 2 is 2.00 bits per heavy atom. The maximum Gasteiger partial charge on any atom is 0.315 e. The van der Waals surface area contributed by atoms with Crippen LogP contribution in [0.5, 0.6) is 5.75 Å². The summed E-state index contributed by atoms with van der Waals surface area (Å²) in [6.07, 6.45) is 3.30. The quantitative estimate of drug-likeness (QED) is 0.867. The van der Waals surface area contributed by atoms with E-state index in [2.05, 4.69) is 15.6 Å². The zero-order chi connectivity index (χ0) is 16.1. The number of aromatic nitrogens is 1. The number of rotatable bonds is 5. The van der Waals surface area contributed by atoms with E-state index in [0.29, 0.717) is 10.1 Å². The maximum absolute atomic E-state index is 12.1. The number of ether oxygens (including phenoxy) is 1. The number of hydrogen-bond donors (Lipinski definition) is 2. The maximum atomic E-state index is 12.1. The average molecular weight is 340 g/mol. The SMILES string of the molecule is COc1cnccc1[C@@H](C)NC(=O)N[C@H](C)c1ccc(Cl)s1. The van der Waals surface area contributed by atoms with Gasteiger partial charge >= 0.3 is 6.03 Å². The zero-order valence-corrected chi connectivity index (χ0v) is 14.2. The van der Waals surface area contributed by atoms with Crippen molar-refractivity contribution in [3.63, 3.8) is 0 Å². The first-order valence-corrected chi connectivity index (χ1v) is 8.01. The van der Waals surface area contributed by atoms with E-state index in [-0.39, 0.29) is 18.1 Å². The van der Waals surface area contributed by atoms with Gasteiger partial charge in [0.25, 0.3) is 0 Å². The lowest BCUT2D eigenvalue weighted by Crippen LogP contribution is -2.38. The predicted octanol–water partition coefficient (Wildman–Crippen LogP) is 3.93. The third-order valence-corrected chi connectivity index (χ3v) is 4.63. The summed E-state index contributed by atoms with van der Waals surface area (Å²) in [5.74, 6) is 0.647. The minimum Gasteiger partial charge on any atom is -0.495 e. The first-order valence-electron chi connectivity index (χ1n) is 6.81. The number of pyridine rings is 1. The second kappa shape index (κ2) is 7.47. The van der Waals surface area contributed by atoms with Gasteiger partial charge in [-0.05, 0) is 32.0 Å². The Bertz CT molecular complexity index is 647. The molecule has 0 bridgehead atoms. The normalized spacial score (nSPS) is 13.3. The monoisotopic (exact) mass is 339 g/mol. The molecule has 2 N–H and O–H groups in total. The number of nitrogens with one attached hydrogen (secondary N) is 2. The lowest BCUT2D eigenvalue weighted by Gasteiger charge is -2.19. The van der Waals surface area contributed by atoms with Crippen molar-refractivity contribution in [2.45, 2.75) is 25.9 Å². The van der Waals surface area contributed by atoms with E-state index in [1.165, 1.54) is 11.3 Å². The molecule has 2 heterocycles. The molecule has 0 unspecified atom stereocenters. The summed E-state index contributed by atoms with van der Waals surface area (Å²) in [7, 11) is 1.58. The molecule has 0 saturated carbocycles. The summed E-state index contributed by atoms with van der Waals surface area (Å²) in [5.41, 5.74) is 0.875. The molecule has 0 spiro atoms. The fourth-order valence-electron chi connectivity index (χ4n) is 2.06. The van der Waals surface area contributed by atoms with E-state index < -0.39 is 0 Å². The van der Waals surface area contributed by atoms with Gasteiger partial charge < -0.3 is 15.4 Å². The van der Waals surface area contributed by atoms with Gasteiger partial charge in [-0.2, -0.15) is 0 Å². The number of carbonyl (C=O) groups excluding carboxylic acids is 1. The molecule has 7 heteroatoms. The Kier molecular flexibility index (Phi) is 5.63. The van der Waals surface area contributed by atoms with Crippen LogP contribution in [0.2, 0.25) is 4.34 Å². The lowest BCUT2D eigenvalue weighted by atomic mass is 10.1. The van der Waals surface area contributed by atoms with Gasteiger partial charge in [-0.25, -0.2) is 4.79 Å². The molecule has 22 heavy (non-hydrogen) atoms. The summed E-state index contributed by atoms with van der Waals surface area (Å²) < 4.78 is 5.96. The number of urea groups is 1. The first-order chi connectivity index (χ1) is 10.5. The van der Waals surface area contributed by atoms with Crippen LogP contribution < -0.4 is 15.4 Å². The van der Waals surface area contributed by atoms with Crippen LogP contribution in [0, 0.1) is 0 Å². The van der Waals surface area contributed by atoms with Gasteiger partial charge in [0.2, 0.25) is 0 Å². The van der Waals surface area contributed by atoms with Gasteiger partial charge in [0.15, 0.2) is 0 Å². The van der Waals surface area contributed by atoms with E-state index in [1.807, 2.05) is 32.0 Å². The van der Waals surface area contributed by atoms with Gasteiger partial charge in [0.05, 0.1) is 29.7 Å². The summed E-state index contributed by atoms with van der Waals surface area (Å²) in [6, 6.07) is 5.01. The highest BCUT2D eigenvalue weighted by Gasteiger charge is 2.16. The van der Waals surface area contributed by atoms with Crippen molar-refractivity contribution in [1.29, 1.82) is 0 Å². The molecule has 5 nitrogen and oxygen atoms in total. The van der Waals surface area contributed by atoms with Gasteiger partial charge in [0, 0.05) is 16.6 Å². The van der Waals surface area contributed by atoms with Gasteiger partial charge in [-0.1, -0.05) is 11.6 Å². The molecule has 0 aliphatic heterocycles. The number of halogens is 1. The highest BCUT2D eigenvalue weighted by atomic mass is 35.5. The molecular weight excluding hydrogens is 322 g/mol. The van der Waals surface area contributed by atoms with Gasteiger partial charge in [-0.3, -0.25) is 4.98 Å². The van der Waals surface area contributed by atoms with Crippen molar-refractivity contribution in [2.75, 3.05) is 7.11 Å². The van der Waals surface area contributed by atoms with Crippen molar-refractivity contribution in [2.24, 2.45) is 0 Å². The Morgan fingerprint density at radius 3 is 2.64 bits per heavy atom. The molecule has 2 rings (SSSR count). The Labute approximate surface area is 138 Å². The smallest absolute Gasteiger partial charge is 0.315 e. The predicted molar refractivity (Wildman–Crippen MR) is 88.6 cm³/mol. The van der Waals surface area contributed by atoms with Crippen molar-refractivity contribution in [1.82, 2.24) is 15.6 Å². The standard InChI is InChI=1S/C15H18ClN3O2S/c1-9(11-6-7-17-8-12(11)21-3)18-15(20)19-10(2)13-4-5-14(16)22-13/h4-10H,1-3H3,(H2,18,19,20)/t9-,10-/m1/s1. The second-order valence-corrected chi connectivity index (χ2v) is 6.57. The second-order valence-electron chi connectivity index (χ2n) is 4.82. The molecule has 118 valence electrons. The van der Waals surface area contributed by atoms with E-state index in [9.17, 15) is 4.79 Å². The highest BCUT2D eigenvalue weighted by molar-refractivity contribution is 7.16. The zero-order valence-electron chi connectivity index (χ0n) is 12.6. The molecule has 0 radical (unpaired) electrons. The van der Waals surface area contributed by atoms with E-state index in [1.54, 1.807) is 19.5 Å². The van der Waals surface area contributed by atoms with Crippen molar-refractivity contribution in [3.8, 4) is 5.75 Å². The van der Waals surface area contributed by atoms with Crippen LogP contribution in [-0.2, 0) is 0 Å². The first kappa shape index (κ1) is 16.6. The highest BCUT2D eigenvalue weighted by Crippen LogP contribution is 2.27. The van der Waals surface area contributed by atoms with Crippen LogP contribution in [0.1, 0.15) is 36.4 Å². The van der Waals surface area contributed by atoms with Crippen LogP contribution in [0.15, 0.2) is 30.6 Å². The van der Waals surface area contributed by atoms with Crippen LogP contribution in [0.3, 0.4) is 0 Å². The Balaban J connectivity index is 1.96. The summed E-state index contributed by atoms with van der Waals surface area (Å²) in [5, 5.41) is 5.79. The molecular formula is C15H18ClN3O2S. The molecule has 2 amide bonds. The summed E-state index contributed by atoms with van der Waals surface area (Å²) in [6.45, 7) is 3.81. The Hall–Kier alpha value is -1.79. The number of methoxy groups -OCH3 is 1. The summed E-state index contributed by atoms with van der Waals surface area (Å²) >= 11 is 7.36. The van der Waals surface area contributed by atoms with Crippen LogP contribution >= 0.6 is 22.9 Å². The number of thiophene rings is 1. The number of hydrogen-bond acceptors (Lipinski definition) is 4. The number of amides is 2. The lowest BCUT2D eigenvalue weighted by molar-refractivity contribution is 0.235. The minimum absolute atomic E-state index is 0.107. The fraction of sp³-hybridized carbons (Fsp3) is 0.333. The Morgan fingerprint density at radius 1 is 1.27 bits per heavy atom.